The Morgan fingerprint density at radius 2 is 1.67 bits per heavy atom. The zero-order valence-corrected chi connectivity index (χ0v) is 17.5. The van der Waals surface area contributed by atoms with Crippen LogP contribution in [0.2, 0.25) is 0 Å². The van der Waals surface area contributed by atoms with Crippen LogP contribution in [0.5, 0.6) is 0 Å². The van der Waals surface area contributed by atoms with Gasteiger partial charge in [-0.1, -0.05) is 0 Å². The first-order valence-electron chi connectivity index (χ1n) is 10.1. The Labute approximate surface area is 187 Å². The molecule has 1 aliphatic rings. The average molecular weight is 469 g/mol. The van der Waals surface area contributed by atoms with Gasteiger partial charge in [-0.05, 0) is 68.2 Å². The fourth-order valence-electron chi connectivity index (χ4n) is 3.12. The SMILES string of the molecule is O=C(CN1CCC(CNC(=O)c2cccnc2)CC1)c1ccc(F)cc1.O=C(O)C(F)(F)F. The number of hydrogen-bond acceptors (Lipinski definition) is 5. The third-order valence-corrected chi connectivity index (χ3v) is 4.96. The smallest absolute Gasteiger partial charge is 0.475 e. The molecule has 11 heteroatoms. The van der Waals surface area contributed by atoms with E-state index in [4.69, 9.17) is 9.90 Å². The minimum Gasteiger partial charge on any atom is -0.475 e. The Kier molecular flexibility index (Phi) is 9.46. The highest BCUT2D eigenvalue weighted by Crippen LogP contribution is 2.17. The maximum absolute atomic E-state index is 12.9. The number of carbonyl (C=O) groups excluding carboxylic acids is 2. The first-order valence-corrected chi connectivity index (χ1v) is 10.1. The zero-order chi connectivity index (χ0) is 24.4. The minimum absolute atomic E-state index is 0.00771. The highest BCUT2D eigenvalue weighted by Gasteiger charge is 2.38. The largest absolute Gasteiger partial charge is 0.490 e. The monoisotopic (exact) mass is 469 g/mol. The predicted molar refractivity (Wildman–Crippen MR) is 110 cm³/mol. The number of likely N-dealkylation sites (tertiary alicyclic amines) is 1. The topological polar surface area (TPSA) is 99.6 Å². The van der Waals surface area contributed by atoms with Crippen molar-refractivity contribution in [2.75, 3.05) is 26.2 Å². The molecule has 33 heavy (non-hydrogen) atoms. The van der Waals surface area contributed by atoms with Crippen LogP contribution >= 0.6 is 0 Å². The van der Waals surface area contributed by atoms with Crippen molar-refractivity contribution in [2.45, 2.75) is 19.0 Å². The molecule has 1 fully saturated rings. The molecule has 1 amide bonds. The number of amides is 1. The number of halogens is 4. The summed E-state index contributed by atoms with van der Waals surface area (Å²) in [6, 6.07) is 9.16. The van der Waals surface area contributed by atoms with Crippen LogP contribution in [0, 0.1) is 11.7 Å². The van der Waals surface area contributed by atoms with Gasteiger partial charge in [-0.25, -0.2) is 9.18 Å². The summed E-state index contributed by atoms with van der Waals surface area (Å²) in [7, 11) is 0. The van der Waals surface area contributed by atoms with E-state index < -0.39 is 12.1 Å². The van der Waals surface area contributed by atoms with Crippen molar-refractivity contribution in [3.05, 3.63) is 65.7 Å². The number of carbonyl (C=O) groups is 3. The molecule has 0 radical (unpaired) electrons. The summed E-state index contributed by atoms with van der Waals surface area (Å²) >= 11 is 0. The number of ketones is 1. The second-order valence-electron chi connectivity index (χ2n) is 7.40. The second kappa shape index (κ2) is 12.0. The number of nitrogens with one attached hydrogen (secondary N) is 1. The summed E-state index contributed by atoms with van der Waals surface area (Å²) in [4.78, 5) is 39.3. The molecule has 1 aliphatic heterocycles. The molecule has 0 aliphatic carbocycles. The minimum atomic E-state index is -5.08. The predicted octanol–water partition coefficient (Wildman–Crippen LogP) is 3.18. The normalized spacial score (nSPS) is 14.7. The van der Waals surface area contributed by atoms with E-state index >= 15 is 0 Å². The molecule has 0 saturated carbocycles. The molecule has 1 saturated heterocycles. The number of alkyl halides is 3. The van der Waals surface area contributed by atoms with Gasteiger partial charge in [0.15, 0.2) is 5.78 Å². The lowest BCUT2D eigenvalue weighted by Crippen LogP contribution is -2.40. The van der Waals surface area contributed by atoms with Gasteiger partial charge < -0.3 is 10.4 Å². The molecule has 178 valence electrons. The maximum Gasteiger partial charge on any atom is 0.490 e. The lowest BCUT2D eigenvalue weighted by molar-refractivity contribution is -0.192. The number of piperidine rings is 1. The molecule has 2 N–H and O–H groups in total. The van der Waals surface area contributed by atoms with Crippen molar-refractivity contribution in [2.24, 2.45) is 5.92 Å². The standard InChI is InChI=1S/C20H22FN3O2.C2HF3O2/c21-18-5-3-16(4-6-18)19(25)14-24-10-7-15(8-11-24)12-23-20(26)17-2-1-9-22-13-17;3-2(4,5)1(6)7/h1-6,9,13,15H,7-8,10-12,14H2,(H,23,26);(H,6,7). The Morgan fingerprint density at radius 1 is 1.06 bits per heavy atom. The van der Waals surface area contributed by atoms with E-state index in [2.05, 4.69) is 15.2 Å². The van der Waals surface area contributed by atoms with E-state index in [0.717, 1.165) is 25.9 Å². The lowest BCUT2D eigenvalue weighted by atomic mass is 9.96. The Morgan fingerprint density at radius 3 is 2.18 bits per heavy atom. The summed E-state index contributed by atoms with van der Waals surface area (Å²) in [5.74, 6) is -2.78. The van der Waals surface area contributed by atoms with E-state index in [9.17, 15) is 27.2 Å². The number of benzene rings is 1. The summed E-state index contributed by atoms with van der Waals surface area (Å²) < 4.78 is 44.7. The lowest BCUT2D eigenvalue weighted by Gasteiger charge is -2.31. The second-order valence-corrected chi connectivity index (χ2v) is 7.40. The summed E-state index contributed by atoms with van der Waals surface area (Å²) in [6.45, 7) is 2.62. The molecule has 0 spiro atoms. The molecule has 1 aromatic heterocycles. The molecular formula is C22H23F4N3O4. The number of pyridine rings is 1. The van der Waals surface area contributed by atoms with Crippen LogP contribution < -0.4 is 5.32 Å². The Bertz CT molecular complexity index is 929. The van der Waals surface area contributed by atoms with Gasteiger partial charge in [0.2, 0.25) is 0 Å². The van der Waals surface area contributed by atoms with E-state index in [0.29, 0.717) is 30.1 Å². The van der Waals surface area contributed by atoms with Gasteiger partial charge in [0.25, 0.3) is 5.91 Å². The van der Waals surface area contributed by atoms with E-state index in [1.54, 1.807) is 24.5 Å². The van der Waals surface area contributed by atoms with Crippen LogP contribution in [0.3, 0.4) is 0 Å². The van der Waals surface area contributed by atoms with E-state index in [1.807, 2.05) is 0 Å². The van der Waals surface area contributed by atoms with Gasteiger partial charge in [-0.15, -0.1) is 0 Å². The highest BCUT2D eigenvalue weighted by atomic mass is 19.4. The van der Waals surface area contributed by atoms with Gasteiger partial charge in [0.1, 0.15) is 5.82 Å². The van der Waals surface area contributed by atoms with Crippen LogP contribution in [0.15, 0.2) is 48.8 Å². The molecule has 7 nitrogen and oxygen atoms in total. The van der Waals surface area contributed by atoms with Crippen LogP contribution in [0.4, 0.5) is 17.6 Å². The molecular weight excluding hydrogens is 446 g/mol. The maximum atomic E-state index is 12.9. The average Bonchev–Trinajstić information content (AvgIpc) is 2.79. The number of carboxylic acids is 1. The van der Waals surface area contributed by atoms with Crippen molar-refractivity contribution in [1.29, 1.82) is 0 Å². The summed E-state index contributed by atoms with van der Waals surface area (Å²) in [6.07, 6.45) is -0.0211. The number of carboxylic acid groups (broad SMARTS) is 1. The molecule has 2 heterocycles. The van der Waals surface area contributed by atoms with Crippen molar-refractivity contribution in [3.63, 3.8) is 0 Å². The number of rotatable bonds is 6. The molecule has 0 atom stereocenters. The van der Waals surface area contributed by atoms with Crippen molar-refractivity contribution >= 4 is 17.7 Å². The molecule has 1 aromatic carbocycles. The number of aliphatic carboxylic acids is 1. The molecule has 0 bridgehead atoms. The van der Waals surface area contributed by atoms with Gasteiger partial charge in [0.05, 0.1) is 12.1 Å². The summed E-state index contributed by atoms with van der Waals surface area (Å²) in [5.41, 5.74) is 1.10. The number of aromatic nitrogens is 1. The highest BCUT2D eigenvalue weighted by molar-refractivity contribution is 5.97. The summed E-state index contributed by atoms with van der Waals surface area (Å²) in [5, 5.41) is 10.1. The number of nitrogens with zero attached hydrogens (tertiary/aromatic N) is 2. The van der Waals surface area contributed by atoms with Gasteiger partial charge in [0, 0.05) is 24.5 Å². The van der Waals surface area contributed by atoms with Gasteiger partial charge in [-0.3, -0.25) is 19.5 Å². The molecule has 3 rings (SSSR count). The Balaban J connectivity index is 0.000000479. The third-order valence-electron chi connectivity index (χ3n) is 4.96. The first-order chi connectivity index (χ1) is 15.6. The molecule has 2 aromatic rings. The fourth-order valence-corrected chi connectivity index (χ4v) is 3.12. The number of hydrogen-bond donors (Lipinski definition) is 2. The Hall–Kier alpha value is -3.34. The third kappa shape index (κ3) is 8.97. The van der Waals surface area contributed by atoms with Crippen molar-refractivity contribution in [3.8, 4) is 0 Å². The van der Waals surface area contributed by atoms with Crippen LogP contribution in [0.25, 0.3) is 0 Å². The van der Waals surface area contributed by atoms with Crippen molar-refractivity contribution in [1.82, 2.24) is 15.2 Å². The van der Waals surface area contributed by atoms with E-state index in [1.165, 1.54) is 24.3 Å². The van der Waals surface area contributed by atoms with Crippen molar-refractivity contribution < 1.29 is 37.1 Å². The number of Topliss-reactive ketones (excluding diaryl/α,β-unsaturated/α-hetero) is 1. The first kappa shape index (κ1) is 25.9. The fraction of sp³-hybridized carbons (Fsp3) is 0.364. The van der Waals surface area contributed by atoms with E-state index in [-0.39, 0.29) is 17.5 Å². The molecule has 0 unspecified atom stereocenters. The zero-order valence-electron chi connectivity index (χ0n) is 17.5. The van der Waals surface area contributed by atoms with Crippen LogP contribution in [-0.4, -0.2) is 65.0 Å². The quantitative estimate of drug-likeness (QED) is 0.498. The van der Waals surface area contributed by atoms with Crippen LogP contribution in [0.1, 0.15) is 33.6 Å². The van der Waals surface area contributed by atoms with Crippen LogP contribution in [-0.2, 0) is 4.79 Å². The van der Waals surface area contributed by atoms with Gasteiger partial charge >= 0.3 is 12.1 Å². The van der Waals surface area contributed by atoms with Gasteiger partial charge in [-0.2, -0.15) is 13.2 Å².